The topological polar surface area (TPSA) is 121 Å². The van der Waals surface area contributed by atoms with Crippen molar-refractivity contribution in [2.24, 2.45) is 0 Å². The average Bonchev–Trinajstić information content (AvgIpc) is 2.53. The summed E-state index contributed by atoms with van der Waals surface area (Å²) >= 11 is 0.978. The van der Waals surface area contributed by atoms with Crippen molar-refractivity contribution < 1.29 is 19.4 Å². The molecule has 0 aliphatic heterocycles. The average molecular weight is 349 g/mol. The molecule has 0 spiro atoms. The van der Waals surface area contributed by atoms with Crippen molar-refractivity contribution in [3.8, 4) is 5.88 Å². The zero-order chi connectivity index (χ0) is 17.5. The van der Waals surface area contributed by atoms with E-state index in [0.717, 1.165) is 17.8 Å². The Balaban J connectivity index is 1.90. The lowest BCUT2D eigenvalue weighted by atomic mass is 10.2. The highest BCUT2D eigenvalue weighted by atomic mass is 32.2. The molecule has 0 fully saturated rings. The summed E-state index contributed by atoms with van der Waals surface area (Å²) in [5, 5.41) is 12.0. The van der Waals surface area contributed by atoms with Crippen LogP contribution in [-0.4, -0.2) is 39.3 Å². The number of esters is 1. The van der Waals surface area contributed by atoms with E-state index in [1.807, 2.05) is 0 Å². The van der Waals surface area contributed by atoms with E-state index in [9.17, 15) is 19.5 Å². The maximum Gasteiger partial charge on any atom is 0.338 e. The molecule has 0 radical (unpaired) electrons. The van der Waals surface area contributed by atoms with E-state index in [2.05, 4.69) is 15.3 Å². The number of aromatic amines is 1. The summed E-state index contributed by atoms with van der Waals surface area (Å²) in [4.78, 5) is 40.7. The van der Waals surface area contributed by atoms with Crippen LogP contribution < -0.4 is 10.9 Å². The quantitative estimate of drug-likeness (QED) is 0.409. The Bertz CT molecular complexity index is 788. The predicted octanol–water partition coefficient (Wildman–Crippen LogP) is 1.38. The van der Waals surface area contributed by atoms with Crippen LogP contribution in [0.5, 0.6) is 5.88 Å². The fourth-order valence-corrected chi connectivity index (χ4v) is 2.40. The van der Waals surface area contributed by atoms with Gasteiger partial charge in [-0.3, -0.25) is 9.59 Å². The molecule has 1 aromatic heterocycles. The number of H-pyrrole nitrogens is 1. The van der Waals surface area contributed by atoms with Crippen LogP contribution in [0.3, 0.4) is 0 Å². The Kier molecular flexibility index (Phi) is 5.96. The molecule has 1 amide bonds. The Labute approximate surface area is 141 Å². The fourth-order valence-electron chi connectivity index (χ4n) is 1.73. The third-order valence-electron chi connectivity index (χ3n) is 2.73. The molecule has 1 aromatic carbocycles. The zero-order valence-corrected chi connectivity index (χ0v) is 13.6. The van der Waals surface area contributed by atoms with Crippen LogP contribution in [0.1, 0.15) is 17.3 Å². The Morgan fingerprint density at radius 1 is 1.33 bits per heavy atom. The predicted molar refractivity (Wildman–Crippen MR) is 88.3 cm³/mol. The van der Waals surface area contributed by atoms with Gasteiger partial charge in [-0.25, -0.2) is 4.79 Å². The number of ether oxygens (including phenoxy) is 1. The van der Waals surface area contributed by atoms with Crippen molar-refractivity contribution in [2.75, 3.05) is 17.7 Å². The van der Waals surface area contributed by atoms with Gasteiger partial charge in [-0.15, -0.1) is 0 Å². The minimum atomic E-state index is -0.500. The maximum absolute atomic E-state index is 11.9. The molecule has 1 heterocycles. The molecule has 8 nitrogen and oxygen atoms in total. The van der Waals surface area contributed by atoms with Crippen LogP contribution >= 0.6 is 11.8 Å². The molecule has 2 rings (SSSR count). The minimum Gasteiger partial charge on any atom is -0.493 e. The number of carbonyl (C=O) groups is 2. The standard InChI is InChI=1S/C15H15N3O5S/c1-2-23-14(22)9-3-5-10(6-4-9)16-13(21)8-24-15-17-11(19)7-12(20)18-15/h3-7H,2,8H2,1H3,(H,16,21)(H2,17,18,19,20). The van der Waals surface area contributed by atoms with Gasteiger partial charge in [-0.2, -0.15) is 4.98 Å². The Morgan fingerprint density at radius 3 is 2.67 bits per heavy atom. The van der Waals surface area contributed by atoms with E-state index >= 15 is 0 Å². The first-order valence-electron chi connectivity index (χ1n) is 6.98. The third kappa shape index (κ3) is 5.13. The summed E-state index contributed by atoms with van der Waals surface area (Å²) in [5.74, 6) is -1.16. The maximum atomic E-state index is 11.9. The van der Waals surface area contributed by atoms with E-state index in [1.54, 1.807) is 31.2 Å². The number of hydrogen-bond acceptors (Lipinski definition) is 7. The smallest absolute Gasteiger partial charge is 0.338 e. The summed E-state index contributed by atoms with van der Waals surface area (Å²) in [6, 6.07) is 7.21. The molecule has 0 aliphatic rings. The van der Waals surface area contributed by atoms with Crippen molar-refractivity contribution in [3.63, 3.8) is 0 Å². The molecule has 0 bridgehead atoms. The van der Waals surface area contributed by atoms with Crippen LogP contribution in [0, 0.1) is 0 Å². The molecular formula is C15H15N3O5S. The highest BCUT2D eigenvalue weighted by molar-refractivity contribution is 7.99. The van der Waals surface area contributed by atoms with Gasteiger partial charge in [-0.1, -0.05) is 11.8 Å². The van der Waals surface area contributed by atoms with Crippen molar-refractivity contribution in [2.45, 2.75) is 12.1 Å². The van der Waals surface area contributed by atoms with Crippen molar-refractivity contribution in [3.05, 3.63) is 46.2 Å². The van der Waals surface area contributed by atoms with Gasteiger partial charge in [0.15, 0.2) is 5.16 Å². The van der Waals surface area contributed by atoms with Crippen LogP contribution in [0.4, 0.5) is 5.69 Å². The number of thioether (sulfide) groups is 1. The lowest BCUT2D eigenvalue weighted by molar-refractivity contribution is -0.113. The lowest BCUT2D eigenvalue weighted by Crippen LogP contribution is -2.15. The highest BCUT2D eigenvalue weighted by Crippen LogP contribution is 2.15. The van der Waals surface area contributed by atoms with Gasteiger partial charge >= 0.3 is 5.97 Å². The number of rotatable bonds is 6. The first kappa shape index (κ1) is 17.5. The number of carbonyl (C=O) groups excluding carboxylic acids is 2. The zero-order valence-electron chi connectivity index (χ0n) is 12.7. The molecule has 3 N–H and O–H groups in total. The molecule has 0 atom stereocenters. The number of amides is 1. The van der Waals surface area contributed by atoms with Gasteiger partial charge in [0.25, 0.3) is 5.56 Å². The molecule has 2 aromatic rings. The highest BCUT2D eigenvalue weighted by Gasteiger charge is 2.09. The number of aromatic nitrogens is 2. The number of nitrogens with one attached hydrogen (secondary N) is 2. The Morgan fingerprint density at radius 2 is 2.04 bits per heavy atom. The van der Waals surface area contributed by atoms with Gasteiger partial charge in [0.1, 0.15) is 0 Å². The second kappa shape index (κ2) is 8.16. The van der Waals surface area contributed by atoms with Crippen LogP contribution in [0.15, 0.2) is 40.3 Å². The van der Waals surface area contributed by atoms with Crippen molar-refractivity contribution in [1.82, 2.24) is 9.97 Å². The summed E-state index contributed by atoms with van der Waals surface area (Å²) in [6.07, 6.45) is 0. The third-order valence-corrected chi connectivity index (χ3v) is 3.60. The number of benzene rings is 1. The van der Waals surface area contributed by atoms with E-state index in [0.29, 0.717) is 17.9 Å². The van der Waals surface area contributed by atoms with Crippen LogP contribution in [0.2, 0.25) is 0 Å². The molecule has 126 valence electrons. The minimum absolute atomic E-state index is 0.00792. The van der Waals surface area contributed by atoms with Crippen LogP contribution in [-0.2, 0) is 9.53 Å². The molecule has 0 saturated heterocycles. The van der Waals surface area contributed by atoms with Crippen molar-refractivity contribution in [1.29, 1.82) is 0 Å². The summed E-state index contributed by atoms with van der Waals surface area (Å²) < 4.78 is 4.87. The molecule has 24 heavy (non-hydrogen) atoms. The molecular weight excluding hydrogens is 334 g/mol. The SMILES string of the molecule is CCOC(=O)c1ccc(NC(=O)CSc2nc(O)cc(=O)[nH]2)cc1. The van der Waals surface area contributed by atoms with Crippen molar-refractivity contribution >= 4 is 29.3 Å². The van der Waals surface area contributed by atoms with E-state index in [-0.39, 0.29) is 16.8 Å². The Hall–Kier alpha value is -2.81. The van der Waals surface area contributed by atoms with E-state index < -0.39 is 17.4 Å². The molecule has 0 aliphatic carbocycles. The largest absolute Gasteiger partial charge is 0.493 e. The lowest BCUT2D eigenvalue weighted by Gasteiger charge is -2.06. The fraction of sp³-hybridized carbons (Fsp3) is 0.200. The molecule has 9 heteroatoms. The second-order valence-corrected chi connectivity index (χ2v) is 5.51. The van der Waals surface area contributed by atoms with E-state index in [1.165, 1.54) is 0 Å². The van der Waals surface area contributed by atoms with Gasteiger partial charge in [0.05, 0.1) is 24.0 Å². The molecule has 0 saturated carbocycles. The normalized spacial score (nSPS) is 10.2. The van der Waals surface area contributed by atoms with E-state index in [4.69, 9.17) is 4.74 Å². The van der Waals surface area contributed by atoms with Gasteiger partial charge in [-0.05, 0) is 31.2 Å². The summed E-state index contributed by atoms with van der Waals surface area (Å²) in [6.45, 7) is 2.01. The number of anilines is 1. The van der Waals surface area contributed by atoms with Gasteiger partial charge < -0.3 is 20.1 Å². The molecule has 0 unspecified atom stereocenters. The summed E-state index contributed by atoms with van der Waals surface area (Å²) in [5.41, 5.74) is 0.414. The first-order valence-corrected chi connectivity index (χ1v) is 7.96. The van der Waals surface area contributed by atoms with Crippen LogP contribution in [0.25, 0.3) is 0 Å². The van der Waals surface area contributed by atoms with Gasteiger partial charge in [0, 0.05) is 5.69 Å². The second-order valence-electron chi connectivity index (χ2n) is 4.54. The van der Waals surface area contributed by atoms with Gasteiger partial charge in [0.2, 0.25) is 11.8 Å². The number of aromatic hydroxyl groups is 1. The number of hydrogen-bond donors (Lipinski definition) is 3. The number of nitrogens with zero attached hydrogens (tertiary/aromatic N) is 1. The monoisotopic (exact) mass is 349 g/mol. The first-order chi connectivity index (χ1) is 11.5. The summed E-state index contributed by atoms with van der Waals surface area (Å²) in [7, 11) is 0.